The van der Waals surface area contributed by atoms with E-state index in [-0.39, 0.29) is 36.2 Å². The summed E-state index contributed by atoms with van der Waals surface area (Å²) in [6.45, 7) is 2.32. The van der Waals surface area contributed by atoms with Gasteiger partial charge in [-0.25, -0.2) is 8.42 Å². The lowest BCUT2D eigenvalue weighted by atomic mass is 9.91. The van der Waals surface area contributed by atoms with E-state index in [1.807, 2.05) is 6.92 Å². The molecule has 23 heavy (non-hydrogen) atoms. The Morgan fingerprint density at radius 3 is 2.43 bits per heavy atom. The zero-order chi connectivity index (χ0) is 16.2. The van der Waals surface area contributed by atoms with Crippen molar-refractivity contribution in [3.8, 4) is 0 Å². The quantitative estimate of drug-likeness (QED) is 0.767. The van der Waals surface area contributed by atoms with Crippen molar-refractivity contribution in [3.63, 3.8) is 0 Å². The zero-order valence-corrected chi connectivity index (χ0v) is 15.5. The third-order valence-electron chi connectivity index (χ3n) is 4.69. The van der Waals surface area contributed by atoms with Crippen molar-refractivity contribution in [2.45, 2.75) is 76.4 Å². The topological polar surface area (TPSA) is 92.5 Å². The second kappa shape index (κ2) is 9.20. The number of nitrogens with two attached hydrogens (primary N) is 1. The van der Waals surface area contributed by atoms with Crippen molar-refractivity contribution in [1.82, 2.24) is 9.62 Å². The molecular formula is C15H30ClN3O3S. The Hall–Kier alpha value is -0.370. The number of carbonyl (C=O) groups excluding carboxylic acids is 1. The molecule has 136 valence electrons. The molecule has 1 aliphatic heterocycles. The minimum Gasteiger partial charge on any atom is -0.352 e. The Morgan fingerprint density at radius 2 is 1.83 bits per heavy atom. The molecule has 2 rings (SSSR count). The summed E-state index contributed by atoms with van der Waals surface area (Å²) < 4.78 is 26.2. The number of carbonyl (C=O) groups is 1. The minimum absolute atomic E-state index is 0. The van der Waals surface area contributed by atoms with Gasteiger partial charge in [0.2, 0.25) is 15.9 Å². The lowest BCUT2D eigenvalue weighted by Crippen LogP contribution is -2.54. The van der Waals surface area contributed by atoms with Crippen molar-refractivity contribution in [2.75, 3.05) is 12.3 Å². The predicted octanol–water partition coefficient (Wildman–Crippen LogP) is 1.39. The van der Waals surface area contributed by atoms with Crippen LogP contribution in [0.15, 0.2) is 0 Å². The smallest absolute Gasteiger partial charge is 0.238 e. The zero-order valence-electron chi connectivity index (χ0n) is 13.9. The first-order valence-electron chi connectivity index (χ1n) is 8.49. The average molecular weight is 368 g/mol. The monoisotopic (exact) mass is 367 g/mol. The minimum atomic E-state index is -3.32. The summed E-state index contributed by atoms with van der Waals surface area (Å²) in [5.74, 6) is -0.00504. The molecule has 1 saturated carbocycles. The molecule has 1 amide bonds. The second-order valence-corrected chi connectivity index (χ2v) is 8.60. The SMILES string of the molecule is CCCS(=O)(=O)N1CCCCC1C(=O)NC1CCC(N)CC1.Cl. The molecule has 6 nitrogen and oxygen atoms in total. The first-order chi connectivity index (χ1) is 10.4. The number of nitrogens with zero attached hydrogens (tertiary/aromatic N) is 1. The molecule has 8 heteroatoms. The summed E-state index contributed by atoms with van der Waals surface area (Å²) in [6.07, 6.45) is 6.58. The Kier molecular flexibility index (Phi) is 8.27. The molecular weight excluding hydrogens is 338 g/mol. The van der Waals surface area contributed by atoms with Crippen LogP contribution < -0.4 is 11.1 Å². The maximum atomic E-state index is 12.6. The van der Waals surface area contributed by atoms with Gasteiger partial charge < -0.3 is 11.1 Å². The van der Waals surface area contributed by atoms with E-state index < -0.39 is 16.1 Å². The summed E-state index contributed by atoms with van der Waals surface area (Å²) in [5.41, 5.74) is 5.88. The number of nitrogens with one attached hydrogen (secondary N) is 1. The van der Waals surface area contributed by atoms with Crippen LogP contribution in [0.3, 0.4) is 0 Å². The fourth-order valence-electron chi connectivity index (χ4n) is 3.44. The molecule has 0 bridgehead atoms. The standard InChI is InChI=1S/C15H29N3O3S.ClH/c1-2-11-22(20,21)18-10-4-3-5-14(18)15(19)17-13-8-6-12(16)7-9-13;/h12-14H,2-11,16H2,1H3,(H,17,19);1H. The largest absolute Gasteiger partial charge is 0.352 e. The van der Waals surface area contributed by atoms with Crippen LogP contribution in [-0.4, -0.2) is 49.1 Å². The molecule has 0 aromatic carbocycles. The van der Waals surface area contributed by atoms with Gasteiger partial charge in [-0.2, -0.15) is 4.31 Å². The highest BCUT2D eigenvalue weighted by Gasteiger charge is 2.37. The van der Waals surface area contributed by atoms with Crippen molar-refractivity contribution in [3.05, 3.63) is 0 Å². The van der Waals surface area contributed by atoms with Crippen LogP contribution in [-0.2, 0) is 14.8 Å². The third-order valence-corrected chi connectivity index (χ3v) is 6.77. The van der Waals surface area contributed by atoms with E-state index in [9.17, 15) is 13.2 Å². The molecule has 3 N–H and O–H groups in total. The van der Waals surface area contributed by atoms with Gasteiger partial charge in [-0.15, -0.1) is 12.4 Å². The molecule has 1 heterocycles. The van der Waals surface area contributed by atoms with Crippen molar-refractivity contribution >= 4 is 28.3 Å². The maximum Gasteiger partial charge on any atom is 0.238 e. The van der Waals surface area contributed by atoms with Gasteiger partial charge in [0.05, 0.1) is 5.75 Å². The molecule has 1 saturated heterocycles. The van der Waals surface area contributed by atoms with Gasteiger partial charge in [-0.05, 0) is 44.9 Å². The lowest BCUT2D eigenvalue weighted by molar-refractivity contribution is -0.126. The van der Waals surface area contributed by atoms with Gasteiger partial charge >= 0.3 is 0 Å². The highest BCUT2D eigenvalue weighted by molar-refractivity contribution is 7.89. The van der Waals surface area contributed by atoms with E-state index in [1.165, 1.54) is 4.31 Å². The van der Waals surface area contributed by atoms with Gasteiger partial charge in [0.1, 0.15) is 6.04 Å². The van der Waals surface area contributed by atoms with E-state index in [4.69, 9.17) is 5.73 Å². The Labute approximate surface area is 146 Å². The molecule has 0 aromatic heterocycles. The van der Waals surface area contributed by atoms with Crippen molar-refractivity contribution in [2.24, 2.45) is 5.73 Å². The first kappa shape index (κ1) is 20.7. The van der Waals surface area contributed by atoms with Gasteiger partial charge in [-0.1, -0.05) is 13.3 Å². The fraction of sp³-hybridized carbons (Fsp3) is 0.933. The number of sulfonamides is 1. The molecule has 1 aliphatic carbocycles. The fourth-order valence-corrected chi connectivity index (χ4v) is 5.18. The van der Waals surface area contributed by atoms with Crippen LogP contribution in [0, 0.1) is 0 Å². The molecule has 0 spiro atoms. The number of hydrogen-bond donors (Lipinski definition) is 2. The molecule has 2 fully saturated rings. The van der Waals surface area contributed by atoms with Gasteiger partial charge in [0, 0.05) is 18.6 Å². The summed E-state index contributed by atoms with van der Waals surface area (Å²) in [6, 6.07) is -0.143. The maximum absolute atomic E-state index is 12.6. The normalized spacial score (nSPS) is 29.6. The van der Waals surface area contributed by atoms with Crippen LogP contribution in [0.2, 0.25) is 0 Å². The lowest BCUT2D eigenvalue weighted by Gasteiger charge is -2.35. The summed E-state index contributed by atoms with van der Waals surface area (Å²) in [4.78, 5) is 12.6. The first-order valence-corrected chi connectivity index (χ1v) is 10.1. The van der Waals surface area contributed by atoms with Crippen LogP contribution in [0.4, 0.5) is 0 Å². The Morgan fingerprint density at radius 1 is 1.17 bits per heavy atom. The molecule has 0 aromatic rings. The molecule has 0 radical (unpaired) electrons. The number of rotatable bonds is 5. The number of hydrogen-bond acceptors (Lipinski definition) is 4. The van der Waals surface area contributed by atoms with Crippen molar-refractivity contribution < 1.29 is 13.2 Å². The summed E-state index contributed by atoms with van der Waals surface area (Å²) in [5, 5.41) is 3.05. The van der Waals surface area contributed by atoms with Crippen LogP contribution >= 0.6 is 12.4 Å². The molecule has 1 atom stereocenters. The van der Waals surface area contributed by atoms with E-state index in [0.29, 0.717) is 19.4 Å². The number of amides is 1. The van der Waals surface area contributed by atoms with E-state index in [2.05, 4.69) is 5.32 Å². The van der Waals surface area contributed by atoms with Crippen LogP contribution in [0.1, 0.15) is 58.3 Å². The summed E-state index contributed by atoms with van der Waals surface area (Å²) >= 11 is 0. The van der Waals surface area contributed by atoms with Gasteiger partial charge in [0.25, 0.3) is 0 Å². The highest BCUT2D eigenvalue weighted by atomic mass is 35.5. The Balaban J connectivity index is 0.00000264. The average Bonchev–Trinajstić information content (AvgIpc) is 2.49. The molecule has 1 unspecified atom stereocenters. The van der Waals surface area contributed by atoms with Crippen LogP contribution in [0.5, 0.6) is 0 Å². The Bertz CT molecular complexity index is 478. The number of halogens is 1. The number of piperidine rings is 1. The van der Waals surface area contributed by atoms with Crippen LogP contribution in [0.25, 0.3) is 0 Å². The van der Waals surface area contributed by atoms with Gasteiger partial charge in [0.15, 0.2) is 0 Å². The van der Waals surface area contributed by atoms with E-state index in [1.54, 1.807) is 0 Å². The van der Waals surface area contributed by atoms with E-state index in [0.717, 1.165) is 38.5 Å². The third kappa shape index (κ3) is 5.59. The van der Waals surface area contributed by atoms with E-state index >= 15 is 0 Å². The summed E-state index contributed by atoms with van der Waals surface area (Å²) in [7, 11) is -3.32. The van der Waals surface area contributed by atoms with Gasteiger partial charge in [-0.3, -0.25) is 4.79 Å². The highest BCUT2D eigenvalue weighted by Crippen LogP contribution is 2.23. The van der Waals surface area contributed by atoms with Crippen molar-refractivity contribution in [1.29, 1.82) is 0 Å². The molecule has 2 aliphatic rings. The predicted molar refractivity (Wildman–Crippen MR) is 94.0 cm³/mol. The second-order valence-electron chi connectivity index (χ2n) is 6.56.